The van der Waals surface area contributed by atoms with Crippen molar-refractivity contribution in [2.45, 2.75) is 58.9 Å². The molecule has 4 N–H and O–H groups in total. The third-order valence-electron chi connectivity index (χ3n) is 2.48. The molecule has 1 amide bonds. The number of hydrogen-bond donors (Lipinski definition) is 3. The van der Waals surface area contributed by atoms with Crippen LogP contribution in [-0.2, 0) is 4.79 Å². The standard InChI is InChI=1S/C13H28N2O2/c1-13(2,3)10-11(14)9-12(17)15-7-5-4-6-8-16/h11,16H,4-10,14H2,1-3H3,(H,15,17). The molecule has 0 aliphatic heterocycles. The average molecular weight is 244 g/mol. The Hall–Kier alpha value is -0.610. The minimum atomic E-state index is -0.0626. The van der Waals surface area contributed by atoms with Crippen LogP contribution in [0.2, 0.25) is 0 Å². The van der Waals surface area contributed by atoms with Crippen molar-refractivity contribution < 1.29 is 9.90 Å². The Labute approximate surface area is 105 Å². The number of nitrogens with one attached hydrogen (secondary N) is 1. The van der Waals surface area contributed by atoms with E-state index in [1.54, 1.807) is 0 Å². The molecule has 1 atom stereocenters. The monoisotopic (exact) mass is 244 g/mol. The highest BCUT2D eigenvalue weighted by Crippen LogP contribution is 2.20. The molecule has 0 spiro atoms. The minimum Gasteiger partial charge on any atom is -0.396 e. The smallest absolute Gasteiger partial charge is 0.221 e. The summed E-state index contributed by atoms with van der Waals surface area (Å²) >= 11 is 0. The second kappa shape index (κ2) is 8.48. The number of hydrogen-bond acceptors (Lipinski definition) is 3. The summed E-state index contributed by atoms with van der Waals surface area (Å²) < 4.78 is 0. The predicted octanol–water partition coefficient (Wildman–Crippen LogP) is 1.42. The Balaban J connectivity index is 3.58. The van der Waals surface area contributed by atoms with Crippen molar-refractivity contribution in [3.8, 4) is 0 Å². The Kier molecular flexibility index (Phi) is 8.17. The van der Waals surface area contributed by atoms with Crippen molar-refractivity contribution >= 4 is 5.91 Å². The zero-order valence-electron chi connectivity index (χ0n) is 11.5. The van der Waals surface area contributed by atoms with Gasteiger partial charge in [-0.1, -0.05) is 20.8 Å². The summed E-state index contributed by atoms with van der Waals surface area (Å²) in [5.74, 6) is 0.0331. The summed E-state index contributed by atoms with van der Waals surface area (Å²) in [7, 11) is 0. The van der Waals surface area contributed by atoms with Crippen LogP contribution >= 0.6 is 0 Å². The lowest BCUT2D eigenvalue weighted by atomic mass is 9.87. The molecule has 102 valence electrons. The van der Waals surface area contributed by atoms with Gasteiger partial charge in [-0.05, 0) is 31.1 Å². The maximum Gasteiger partial charge on any atom is 0.221 e. The average Bonchev–Trinajstić information content (AvgIpc) is 2.14. The number of amides is 1. The van der Waals surface area contributed by atoms with Crippen LogP contribution in [-0.4, -0.2) is 30.2 Å². The Morgan fingerprint density at radius 2 is 1.94 bits per heavy atom. The van der Waals surface area contributed by atoms with E-state index >= 15 is 0 Å². The molecular weight excluding hydrogens is 216 g/mol. The first-order valence-corrected chi connectivity index (χ1v) is 6.48. The quantitative estimate of drug-likeness (QED) is 0.565. The van der Waals surface area contributed by atoms with Crippen molar-refractivity contribution in [3.05, 3.63) is 0 Å². The SMILES string of the molecule is CC(C)(C)CC(N)CC(=O)NCCCCCO. The number of unbranched alkanes of at least 4 members (excludes halogenated alkanes) is 2. The lowest BCUT2D eigenvalue weighted by Gasteiger charge is -2.22. The zero-order chi connectivity index (χ0) is 13.3. The molecule has 0 rings (SSSR count). The molecule has 0 radical (unpaired) electrons. The van der Waals surface area contributed by atoms with Crippen LogP contribution in [0, 0.1) is 5.41 Å². The number of aliphatic hydroxyl groups excluding tert-OH is 1. The van der Waals surface area contributed by atoms with E-state index < -0.39 is 0 Å². The van der Waals surface area contributed by atoms with Crippen LogP contribution in [0.1, 0.15) is 52.9 Å². The number of nitrogens with two attached hydrogens (primary N) is 1. The van der Waals surface area contributed by atoms with Gasteiger partial charge in [0.25, 0.3) is 0 Å². The van der Waals surface area contributed by atoms with Gasteiger partial charge in [0.2, 0.25) is 5.91 Å². The van der Waals surface area contributed by atoms with Crippen LogP contribution in [0.25, 0.3) is 0 Å². The maximum absolute atomic E-state index is 11.5. The predicted molar refractivity (Wildman–Crippen MR) is 70.6 cm³/mol. The highest BCUT2D eigenvalue weighted by Gasteiger charge is 2.17. The summed E-state index contributed by atoms with van der Waals surface area (Å²) in [4.78, 5) is 11.5. The summed E-state index contributed by atoms with van der Waals surface area (Å²) in [6.45, 7) is 7.28. The van der Waals surface area contributed by atoms with Crippen molar-refractivity contribution in [1.29, 1.82) is 0 Å². The fourth-order valence-corrected chi connectivity index (χ4v) is 1.81. The van der Waals surface area contributed by atoms with E-state index in [0.29, 0.717) is 13.0 Å². The molecule has 4 heteroatoms. The third-order valence-corrected chi connectivity index (χ3v) is 2.48. The van der Waals surface area contributed by atoms with Crippen molar-refractivity contribution in [2.24, 2.45) is 11.1 Å². The second-order valence-corrected chi connectivity index (χ2v) is 5.86. The highest BCUT2D eigenvalue weighted by atomic mass is 16.2. The number of rotatable bonds is 8. The molecule has 0 aromatic rings. The van der Waals surface area contributed by atoms with Crippen molar-refractivity contribution in [1.82, 2.24) is 5.32 Å². The number of aliphatic hydroxyl groups is 1. The molecule has 1 unspecified atom stereocenters. The molecule has 0 saturated carbocycles. The fourth-order valence-electron chi connectivity index (χ4n) is 1.81. The van der Waals surface area contributed by atoms with Gasteiger partial charge in [-0.3, -0.25) is 4.79 Å². The maximum atomic E-state index is 11.5. The molecule has 17 heavy (non-hydrogen) atoms. The molecule has 0 bridgehead atoms. The van der Waals surface area contributed by atoms with E-state index in [-0.39, 0.29) is 24.0 Å². The Morgan fingerprint density at radius 3 is 2.47 bits per heavy atom. The van der Waals surface area contributed by atoms with Gasteiger partial charge in [0.15, 0.2) is 0 Å². The van der Waals surface area contributed by atoms with Crippen molar-refractivity contribution in [2.75, 3.05) is 13.2 Å². The fraction of sp³-hybridized carbons (Fsp3) is 0.923. The molecule has 0 fully saturated rings. The first-order valence-electron chi connectivity index (χ1n) is 6.48. The van der Waals surface area contributed by atoms with E-state index in [4.69, 9.17) is 10.8 Å². The van der Waals surface area contributed by atoms with Crippen LogP contribution in [0.3, 0.4) is 0 Å². The van der Waals surface area contributed by atoms with Gasteiger partial charge in [0.05, 0.1) is 0 Å². The Morgan fingerprint density at radius 1 is 1.29 bits per heavy atom. The normalized spacial score (nSPS) is 13.5. The van der Waals surface area contributed by atoms with Gasteiger partial charge in [-0.25, -0.2) is 0 Å². The molecule has 0 aliphatic carbocycles. The van der Waals surface area contributed by atoms with E-state index in [0.717, 1.165) is 25.7 Å². The number of carbonyl (C=O) groups is 1. The van der Waals surface area contributed by atoms with Gasteiger partial charge >= 0.3 is 0 Å². The molecular formula is C13H28N2O2. The van der Waals surface area contributed by atoms with Crippen LogP contribution in [0.15, 0.2) is 0 Å². The van der Waals surface area contributed by atoms with Gasteiger partial charge in [0.1, 0.15) is 0 Å². The van der Waals surface area contributed by atoms with E-state index in [1.807, 2.05) is 0 Å². The summed E-state index contributed by atoms with van der Waals surface area (Å²) in [6.07, 6.45) is 3.92. The lowest BCUT2D eigenvalue weighted by molar-refractivity contribution is -0.121. The number of carbonyl (C=O) groups excluding carboxylic acids is 1. The van der Waals surface area contributed by atoms with Gasteiger partial charge in [-0.2, -0.15) is 0 Å². The van der Waals surface area contributed by atoms with Crippen LogP contribution in [0.4, 0.5) is 0 Å². The summed E-state index contributed by atoms with van der Waals surface area (Å²) in [6, 6.07) is -0.0626. The molecule has 0 aliphatic rings. The Bertz CT molecular complexity index is 212. The van der Waals surface area contributed by atoms with Gasteiger partial charge < -0.3 is 16.2 Å². The highest BCUT2D eigenvalue weighted by molar-refractivity contribution is 5.76. The van der Waals surface area contributed by atoms with Crippen LogP contribution in [0.5, 0.6) is 0 Å². The molecule has 4 nitrogen and oxygen atoms in total. The first-order chi connectivity index (χ1) is 7.85. The largest absolute Gasteiger partial charge is 0.396 e. The second-order valence-electron chi connectivity index (χ2n) is 5.86. The molecule has 0 aromatic heterocycles. The lowest BCUT2D eigenvalue weighted by Crippen LogP contribution is -2.34. The summed E-state index contributed by atoms with van der Waals surface area (Å²) in [5.41, 5.74) is 6.09. The zero-order valence-corrected chi connectivity index (χ0v) is 11.5. The summed E-state index contributed by atoms with van der Waals surface area (Å²) in [5, 5.41) is 11.5. The topological polar surface area (TPSA) is 75.4 Å². The van der Waals surface area contributed by atoms with Gasteiger partial charge in [0, 0.05) is 25.6 Å². The molecule has 0 saturated heterocycles. The minimum absolute atomic E-state index is 0.0331. The van der Waals surface area contributed by atoms with Crippen molar-refractivity contribution in [3.63, 3.8) is 0 Å². The van der Waals surface area contributed by atoms with E-state index in [2.05, 4.69) is 26.1 Å². The molecule has 0 aromatic carbocycles. The third kappa shape index (κ3) is 11.6. The van der Waals surface area contributed by atoms with Crippen LogP contribution < -0.4 is 11.1 Å². The first kappa shape index (κ1) is 16.4. The van der Waals surface area contributed by atoms with E-state index in [1.165, 1.54) is 0 Å². The van der Waals surface area contributed by atoms with Gasteiger partial charge in [-0.15, -0.1) is 0 Å². The van der Waals surface area contributed by atoms with E-state index in [9.17, 15) is 4.79 Å². The molecule has 0 heterocycles.